The van der Waals surface area contributed by atoms with Gasteiger partial charge in [0.1, 0.15) is 0 Å². The zero-order valence-electron chi connectivity index (χ0n) is 11.2. The Hall–Kier alpha value is -1.22. The van der Waals surface area contributed by atoms with Crippen molar-refractivity contribution in [1.29, 1.82) is 0 Å². The molecule has 0 atom stereocenters. The summed E-state index contributed by atoms with van der Waals surface area (Å²) >= 11 is 0. The van der Waals surface area contributed by atoms with Gasteiger partial charge in [-0.05, 0) is 37.5 Å². The first-order valence-electron chi connectivity index (χ1n) is 6.96. The van der Waals surface area contributed by atoms with Crippen molar-refractivity contribution in [1.82, 2.24) is 0 Å². The highest BCUT2D eigenvalue weighted by Crippen LogP contribution is 2.31. The van der Waals surface area contributed by atoms with Crippen molar-refractivity contribution in [3.63, 3.8) is 0 Å². The summed E-state index contributed by atoms with van der Waals surface area (Å²) in [6.07, 6.45) is 6.35. The molecule has 1 aliphatic rings. The van der Waals surface area contributed by atoms with E-state index < -0.39 is 0 Å². The van der Waals surface area contributed by atoms with E-state index in [1.54, 1.807) is 0 Å². The average Bonchev–Trinajstić information content (AvgIpc) is 2.38. The van der Waals surface area contributed by atoms with Crippen LogP contribution in [0.2, 0.25) is 0 Å². The van der Waals surface area contributed by atoms with Crippen molar-refractivity contribution < 1.29 is 5.11 Å². The summed E-state index contributed by atoms with van der Waals surface area (Å²) < 4.78 is 0. The van der Waals surface area contributed by atoms with Crippen LogP contribution in [0.1, 0.15) is 37.7 Å². The first-order chi connectivity index (χ1) is 8.72. The van der Waals surface area contributed by atoms with Gasteiger partial charge in [-0.1, -0.05) is 25.3 Å². The number of nitrogens with zero attached hydrogens (tertiary/aromatic N) is 1. The zero-order valence-corrected chi connectivity index (χ0v) is 11.2. The molecule has 3 nitrogen and oxygen atoms in total. The predicted octanol–water partition coefficient (Wildman–Crippen LogP) is 2.71. The Kier molecular flexibility index (Phi) is 4.48. The van der Waals surface area contributed by atoms with E-state index >= 15 is 0 Å². The summed E-state index contributed by atoms with van der Waals surface area (Å²) in [7, 11) is 0. The van der Waals surface area contributed by atoms with Crippen LogP contribution < -0.4 is 10.6 Å². The number of aliphatic hydroxyl groups is 1. The Morgan fingerprint density at radius 3 is 2.61 bits per heavy atom. The molecule has 2 rings (SSSR count). The number of nitrogen functional groups attached to an aromatic ring is 1. The van der Waals surface area contributed by atoms with Gasteiger partial charge in [-0.15, -0.1) is 0 Å². The number of hydrogen-bond donors (Lipinski definition) is 2. The lowest BCUT2D eigenvalue weighted by molar-refractivity contribution is 0.290. The summed E-state index contributed by atoms with van der Waals surface area (Å²) in [5.41, 5.74) is 9.23. The van der Waals surface area contributed by atoms with Crippen molar-refractivity contribution in [2.45, 2.75) is 45.1 Å². The molecule has 1 saturated carbocycles. The van der Waals surface area contributed by atoms with Gasteiger partial charge in [0.25, 0.3) is 0 Å². The zero-order chi connectivity index (χ0) is 13.0. The Balaban J connectivity index is 2.22. The number of benzene rings is 1. The molecule has 0 heterocycles. The smallest absolute Gasteiger partial charge is 0.0606 e. The summed E-state index contributed by atoms with van der Waals surface area (Å²) in [5, 5.41) is 9.29. The lowest BCUT2D eigenvalue weighted by Crippen LogP contribution is -2.39. The molecule has 0 saturated heterocycles. The topological polar surface area (TPSA) is 49.5 Å². The van der Waals surface area contributed by atoms with Gasteiger partial charge < -0.3 is 15.7 Å². The molecule has 0 bridgehead atoms. The number of anilines is 2. The van der Waals surface area contributed by atoms with Crippen LogP contribution in [0.25, 0.3) is 0 Å². The average molecular weight is 248 g/mol. The van der Waals surface area contributed by atoms with Gasteiger partial charge in [0.05, 0.1) is 18.0 Å². The fourth-order valence-corrected chi connectivity index (χ4v) is 2.94. The van der Waals surface area contributed by atoms with Crippen LogP contribution in [-0.2, 0) is 0 Å². The summed E-state index contributed by atoms with van der Waals surface area (Å²) in [6.45, 7) is 2.92. The third-order valence-electron chi connectivity index (χ3n) is 3.85. The fourth-order valence-electron chi connectivity index (χ4n) is 2.94. The monoisotopic (exact) mass is 248 g/mol. The van der Waals surface area contributed by atoms with E-state index in [1.807, 2.05) is 6.07 Å². The van der Waals surface area contributed by atoms with Crippen molar-refractivity contribution in [3.8, 4) is 0 Å². The van der Waals surface area contributed by atoms with Gasteiger partial charge in [-0.25, -0.2) is 0 Å². The molecule has 18 heavy (non-hydrogen) atoms. The minimum atomic E-state index is 0.184. The highest BCUT2D eigenvalue weighted by molar-refractivity contribution is 5.68. The summed E-state index contributed by atoms with van der Waals surface area (Å²) in [5.74, 6) is 0. The van der Waals surface area contributed by atoms with Crippen molar-refractivity contribution in [2.24, 2.45) is 0 Å². The third-order valence-corrected chi connectivity index (χ3v) is 3.85. The van der Waals surface area contributed by atoms with Gasteiger partial charge in [-0.3, -0.25) is 0 Å². The predicted molar refractivity (Wildman–Crippen MR) is 76.9 cm³/mol. The molecule has 0 aromatic heterocycles. The number of aliphatic hydroxyl groups excluding tert-OH is 1. The fraction of sp³-hybridized carbons (Fsp3) is 0.600. The molecule has 0 amide bonds. The Morgan fingerprint density at radius 2 is 2.00 bits per heavy atom. The van der Waals surface area contributed by atoms with E-state index in [9.17, 15) is 5.11 Å². The molecule has 1 aliphatic carbocycles. The minimum absolute atomic E-state index is 0.184. The third kappa shape index (κ3) is 2.96. The van der Waals surface area contributed by atoms with Crippen molar-refractivity contribution in [2.75, 3.05) is 23.8 Å². The van der Waals surface area contributed by atoms with Gasteiger partial charge in [0, 0.05) is 12.6 Å². The molecule has 3 N–H and O–H groups in total. The highest BCUT2D eigenvalue weighted by atomic mass is 16.3. The van der Waals surface area contributed by atoms with E-state index in [1.165, 1.54) is 37.7 Å². The summed E-state index contributed by atoms with van der Waals surface area (Å²) in [6, 6.07) is 6.74. The Labute approximate surface area is 110 Å². The van der Waals surface area contributed by atoms with Crippen LogP contribution >= 0.6 is 0 Å². The van der Waals surface area contributed by atoms with E-state index in [0.717, 1.165) is 11.4 Å². The van der Waals surface area contributed by atoms with E-state index in [-0.39, 0.29) is 6.61 Å². The lowest BCUT2D eigenvalue weighted by atomic mass is 9.93. The normalized spacial score (nSPS) is 16.8. The molecule has 1 fully saturated rings. The molecule has 0 spiro atoms. The highest BCUT2D eigenvalue weighted by Gasteiger charge is 2.22. The molecule has 1 aromatic rings. The second-order valence-corrected chi connectivity index (χ2v) is 5.27. The van der Waals surface area contributed by atoms with Gasteiger partial charge in [0.15, 0.2) is 0 Å². The molecule has 3 heteroatoms. The first-order valence-corrected chi connectivity index (χ1v) is 6.96. The van der Waals surface area contributed by atoms with E-state index in [4.69, 9.17) is 5.73 Å². The molecular formula is C15H24N2O. The van der Waals surface area contributed by atoms with Crippen LogP contribution in [0.3, 0.4) is 0 Å². The number of rotatable bonds is 4. The van der Waals surface area contributed by atoms with Crippen LogP contribution in [0.4, 0.5) is 11.4 Å². The Morgan fingerprint density at radius 1 is 1.28 bits per heavy atom. The molecule has 1 aromatic carbocycles. The minimum Gasteiger partial charge on any atom is -0.397 e. The molecular weight excluding hydrogens is 224 g/mol. The second kappa shape index (κ2) is 6.10. The SMILES string of the molecule is Cc1ccc(N(CCO)C2CCCCC2)c(N)c1. The largest absolute Gasteiger partial charge is 0.397 e. The van der Waals surface area contributed by atoms with Crippen LogP contribution in [0, 0.1) is 6.92 Å². The molecule has 0 unspecified atom stereocenters. The van der Waals surface area contributed by atoms with Crippen molar-refractivity contribution in [3.05, 3.63) is 23.8 Å². The van der Waals surface area contributed by atoms with E-state index in [2.05, 4.69) is 24.0 Å². The maximum Gasteiger partial charge on any atom is 0.0606 e. The summed E-state index contributed by atoms with van der Waals surface area (Å²) in [4.78, 5) is 2.30. The van der Waals surface area contributed by atoms with Crippen LogP contribution in [-0.4, -0.2) is 24.3 Å². The number of hydrogen-bond acceptors (Lipinski definition) is 3. The van der Waals surface area contributed by atoms with E-state index in [0.29, 0.717) is 12.6 Å². The maximum atomic E-state index is 9.29. The molecule has 0 aliphatic heterocycles. The maximum absolute atomic E-state index is 9.29. The first kappa shape index (κ1) is 13.2. The quantitative estimate of drug-likeness (QED) is 0.805. The molecule has 0 radical (unpaired) electrons. The van der Waals surface area contributed by atoms with Crippen molar-refractivity contribution >= 4 is 11.4 Å². The number of aryl methyl sites for hydroxylation is 1. The van der Waals surface area contributed by atoms with Gasteiger partial charge in [0.2, 0.25) is 0 Å². The lowest BCUT2D eigenvalue weighted by Gasteiger charge is -2.36. The standard InChI is InChI=1S/C15H24N2O/c1-12-7-8-15(14(16)11-12)17(9-10-18)13-5-3-2-4-6-13/h7-8,11,13,18H,2-6,9-10,16H2,1H3. The van der Waals surface area contributed by atoms with Gasteiger partial charge in [-0.2, -0.15) is 0 Å². The Bertz CT molecular complexity index is 386. The molecule has 100 valence electrons. The van der Waals surface area contributed by atoms with Crippen LogP contribution in [0.15, 0.2) is 18.2 Å². The van der Waals surface area contributed by atoms with Crippen LogP contribution in [0.5, 0.6) is 0 Å². The second-order valence-electron chi connectivity index (χ2n) is 5.27. The number of nitrogens with two attached hydrogens (primary N) is 1. The van der Waals surface area contributed by atoms with Gasteiger partial charge >= 0.3 is 0 Å².